The van der Waals surface area contributed by atoms with Crippen molar-refractivity contribution in [3.63, 3.8) is 0 Å². The molecule has 2 N–H and O–H groups in total. The molecule has 0 radical (unpaired) electrons. The fourth-order valence-electron chi connectivity index (χ4n) is 3.21. The van der Waals surface area contributed by atoms with Crippen LogP contribution in [-0.4, -0.2) is 48.3 Å². The van der Waals surface area contributed by atoms with Gasteiger partial charge in [-0.3, -0.25) is 0 Å². The molecule has 0 aromatic rings. The molecule has 3 heteroatoms. The van der Waals surface area contributed by atoms with Crippen molar-refractivity contribution in [1.29, 1.82) is 0 Å². The van der Waals surface area contributed by atoms with Crippen LogP contribution in [0.1, 0.15) is 59.8 Å². The van der Waals surface area contributed by atoms with Crippen LogP contribution in [0, 0.1) is 5.41 Å². The van der Waals surface area contributed by atoms with Gasteiger partial charge in [0.1, 0.15) is 0 Å². The Labute approximate surface area is 119 Å². The molecule has 3 nitrogen and oxygen atoms in total. The molecular weight excluding hydrogens is 236 g/mol. The summed E-state index contributed by atoms with van der Waals surface area (Å²) in [5.41, 5.74) is 0.318. The van der Waals surface area contributed by atoms with Crippen LogP contribution >= 0.6 is 0 Å². The van der Waals surface area contributed by atoms with Gasteiger partial charge in [0.15, 0.2) is 0 Å². The van der Waals surface area contributed by atoms with Crippen LogP contribution in [0.3, 0.4) is 0 Å². The topological polar surface area (TPSA) is 35.5 Å². The molecule has 19 heavy (non-hydrogen) atoms. The van der Waals surface area contributed by atoms with Crippen molar-refractivity contribution in [3.8, 4) is 0 Å². The van der Waals surface area contributed by atoms with Gasteiger partial charge in [0.2, 0.25) is 0 Å². The lowest BCUT2D eigenvalue weighted by Crippen LogP contribution is -2.46. The molecule has 0 spiro atoms. The van der Waals surface area contributed by atoms with Crippen molar-refractivity contribution in [2.75, 3.05) is 26.2 Å². The van der Waals surface area contributed by atoms with Gasteiger partial charge in [0.25, 0.3) is 0 Å². The van der Waals surface area contributed by atoms with Crippen LogP contribution in [0.5, 0.6) is 0 Å². The monoisotopic (exact) mass is 270 g/mol. The SMILES string of the molecule is CCNC(CCN1CCCCC1CCO)C(C)(C)C. The lowest BCUT2D eigenvalue weighted by atomic mass is 9.84. The zero-order chi connectivity index (χ0) is 14.3. The molecule has 0 amide bonds. The number of hydrogen-bond donors (Lipinski definition) is 2. The fraction of sp³-hybridized carbons (Fsp3) is 1.00. The van der Waals surface area contributed by atoms with E-state index in [1.54, 1.807) is 0 Å². The quantitative estimate of drug-likeness (QED) is 0.746. The van der Waals surface area contributed by atoms with E-state index in [9.17, 15) is 5.11 Å². The number of likely N-dealkylation sites (tertiary alicyclic amines) is 1. The lowest BCUT2D eigenvalue weighted by molar-refractivity contribution is 0.106. The molecule has 0 saturated carbocycles. The maximum absolute atomic E-state index is 9.19. The number of nitrogens with zero attached hydrogens (tertiary/aromatic N) is 1. The highest BCUT2D eigenvalue weighted by molar-refractivity contribution is 4.83. The molecule has 1 rings (SSSR count). The summed E-state index contributed by atoms with van der Waals surface area (Å²) in [6.45, 7) is 12.9. The Morgan fingerprint density at radius 1 is 1.32 bits per heavy atom. The molecule has 114 valence electrons. The summed E-state index contributed by atoms with van der Waals surface area (Å²) in [7, 11) is 0. The summed E-state index contributed by atoms with van der Waals surface area (Å²) < 4.78 is 0. The van der Waals surface area contributed by atoms with Gasteiger partial charge in [-0.25, -0.2) is 0 Å². The highest BCUT2D eigenvalue weighted by atomic mass is 16.3. The van der Waals surface area contributed by atoms with Crippen molar-refractivity contribution in [1.82, 2.24) is 10.2 Å². The first-order valence-electron chi connectivity index (χ1n) is 8.07. The van der Waals surface area contributed by atoms with Crippen LogP contribution in [-0.2, 0) is 0 Å². The summed E-state index contributed by atoms with van der Waals surface area (Å²) in [5, 5.41) is 12.8. The van der Waals surface area contributed by atoms with E-state index in [0.29, 0.717) is 24.1 Å². The summed E-state index contributed by atoms with van der Waals surface area (Å²) in [5.74, 6) is 0. The largest absolute Gasteiger partial charge is 0.396 e. The van der Waals surface area contributed by atoms with E-state index < -0.39 is 0 Å². The first-order chi connectivity index (χ1) is 8.99. The highest BCUT2D eigenvalue weighted by Crippen LogP contribution is 2.24. The second-order valence-electron chi connectivity index (χ2n) is 6.96. The lowest BCUT2D eigenvalue weighted by Gasteiger charge is -2.38. The third-order valence-electron chi connectivity index (χ3n) is 4.41. The number of rotatable bonds is 7. The number of aliphatic hydroxyl groups excluding tert-OH is 1. The molecule has 1 aliphatic heterocycles. The molecule has 2 unspecified atom stereocenters. The fourth-order valence-corrected chi connectivity index (χ4v) is 3.21. The average Bonchev–Trinajstić information content (AvgIpc) is 2.35. The van der Waals surface area contributed by atoms with Crippen molar-refractivity contribution in [2.24, 2.45) is 5.41 Å². The van der Waals surface area contributed by atoms with Gasteiger partial charge in [0, 0.05) is 18.7 Å². The van der Waals surface area contributed by atoms with E-state index in [-0.39, 0.29) is 0 Å². The van der Waals surface area contributed by atoms with E-state index in [0.717, 1.165) is 13.0 Å². The molecule has 1 saturated heterocycles. The van der Waals surface area contributed by atoms with Crippen molar-refractivity contribution < 1.29 is 5.11 Å². The minimum Gasteiger partial charge on any atom is -0.396 e. The van der Waals surface area contributed by atoms with Gasteiger partial charge in [-0.1, -0.05) is 34.1 Å². The maximum Gasteiger partial charge on any atom is 0.0445 e. The van der Waals surface area contributed by atoms with E-state index in [4.69, 9.17) is 0 Å². The Morgan fingerprint density at radius 3 is 2.63 bits per heavy atom. The Bertz CT molecular complexity index is 235. The Kier molecular flexibility index (Phi) is 7.33. The van der Waals surface area contributed by atoms with E-state index in [2.05, 4.69) is 37.9 Å². The van der Waals surface area contributed by atoms with E-state index >= 15 is 0 Å². The van der Waals surface area contributed by atoms with Crippen LogP contribution in [0.25, 0.3) is 0 Å². The second kappa shape index (κ2) is 8.23. The Hall–Kier alpha value is -0.120. The summed E-state index contributed by atoms with van der Waals surface area (Å²) in [6.07, 6.45) is 6.07. The van der Waals surface area contributed by atoms with Crippen molar-refractivity contribution in [3.05, 3.63) is 0 Å². The van der Waals surface area contributed by atoms with Gasteiger partial charge in [-0.2, -0.15) is 0 Å². The summed E-state index contributed by atoms with van der Waals surface area (Å²) >= 11 is 0. The first kappa shape index (κ1) is 16.9. The molecule has 0 aromatic carbocycles. The van der Waals surface area contributed by atoms with Crippen LogP contribution in [0.4, 0.5) is 0 Å². The molecule has 0 aromatic heterocycles. The molecule has 2 atom stereocenters. The predicted octanol–water partition coefficient (Wildman–Crippen LogP) is 2.64. The smallest absolute Gasteiger partial charge is 0.0445 e. The zero-order valence-electron chi connectivity index (χ0n) is 13.4. The summed E-state index contributed by atoms with van der Waals surface area (Å²) in [4.78, 5) is 2.61. The molecule has 1 fully saturated rings. The average molecular weight is 270 g/mol. The Balaban J connectivity index is 2.47. The van der Waals surface area contributed by atoms with Crippen molar-refractivity contribution >= 4 is 0 Å². The minimum atomic E-state index is 0.318. The predicted molar refractivity (Wildman–Crippen MR) is 82.5 cm³/mol. The molecular formula is C16H34N2O. The van der Waals surface area contributed by atoms with Gasteiger partial charge >= 0.3 is 0 Å². The van der Waals surface area contributed by atoms with Gasteiger partial charge in [-0.05, 0) is 50.7 Å². The highest BCUT2D eigenvalue weighted by Gasteiger charge is 2.26. The number of hydrogen-bond acceptors (Lipinski definition) is 3. The minimum absolute atomic E-state index is 0.318. The Morgan fingerprint density at radius 2 is 2.05 bits per heavy atom. The first-order valence-corrected chi connectivity index (χ1v) is 8.07. The number of piperidine rings is 1. The standard InChI is InChI=1S/C16H34N2O/c1-5-17-15(16(2,3)4)9-12-18-11-7-6-8-14(18)10-13-19/h14-15,17,19H,5-13H2,1-4H3. The normalized spacial score (nSPS) is 23.5. The molecule has 1 heterocycles. The van der Waals surface area contributed by atoms with Crippen LogP contribution < -0.4 is 5.32 Å². The summed E-state index contributed by atoms with van der Waals surface area (Å²) in [6, 6.07) is 1.19. The third kappa shape index (κ3) is 5.80. The number of nitrogens with one attached hydrogen (secondary N) is 1. The third-order valence-corrected chi connectivity index (χ3v) is 4.41. The zero-order valence-corrected chi connectivity index (χ0v) is 13.4. The van der Waals surface area contributed by atoms with E-state index in [1.165, 1.54) is 38.8 Å². The second-order valence-corrected chi connectivity index (χ2v) is 6.96. The molecule has 0 aliphatic carbocycles. The maximum atomic E-state index is 9.19. The molecule has 1 aliphatic rings. The number of aliphatic hydroxyl groups is 1. The van der Waals surface area contributed by atoms with E-state index in [1.807, 2.05) is 0 Å². The van der Waals surface area contributed by atoms with Gasteiger partial charge < -0.3 is 15.3 Å². The van der Waals surface area contributed by atoms with Gasteiger partial charge in [0.05, 0.1) is 0 Å². The van der Waals surface area contributed by atoms with Gasteiger partial charge in [-0.15, -0.1) is 0 Å². The van der Waals surface area contributed by atoms with Crippen LogP contribution in [0.2, 0.25) is 0 Å². The molecule has 0 bridgehead atoms. The van der Waals surface area contributed by atoms with Crippen LogP contribution in [0.15, 0.2) is 0 Å². The van der Waals surface area contributed by atoms with Crippen molar-refractivity contribution in [2.45, 2.75) is 71.9 Å².